The van der Waals surface area contributed by atoms with E-state index in [0.717, 1.165) is 18.3 Å². The van der Waals surface area contributed by atoms with Gasteiger partial charge >= 0.3 is 0 Å². The summed E-state index contributed by atoms with van der Waals surface area (Å²) in [5.74, 6) is 1.76. The Bertz CT molecular complexity index is 107. The zero-order valence-electron chi connectivity index (χ0n) is 10.5. The Morgan fingerprint density at radius 1 is 0.857 bits per heavy atom. The summed E-state index contributed by atoms with van der Waals surface area (Å²) < 4.78 is 0. The molecule has 0 saturated heterocycles. The minimum absolute atomic E-state index is 0.827. The first-order chi connectivity index (χ1) is 6.70. The van der Waals surface area contributed by atoms with E-state index >= 15 is 0 Å². The molecule has 14 heavy (non-hydrogen) atoms. The fraction of sp³-hybridized carbons (Fsp3) is 0.929. The lowest BCUT2D eigenvalue weighted by Crippen LogP contribution is -1.99. The van der Waals surface area contributed by atoms with Gasteiger partial charge in [0.1, 0.15) is 0 Å². The predicted octanol–water partition coefficient (Wildman–Crippen LogP) is 5.23. The van der Waals surface area contributed by atoms with Gasteiger partial charge in [-0.05, 0) is 11.8 Å². The highest BCUT2D eigenvalue weighted by Crippen LogP contribution is 2.19. The summed E-state index contributed by atoms with van der Waals surface area (Å²) in [6.45, 7) is 10.9. The number of unbranched alkanes of at least 4 members (excludes halogenated alkanes) is 3. The largest absolute Gasteiger partial charge is 0.0654 e. The average Bonchev–Trinajstić information content (AvgIpc) is 2.21. The van der Waals surface area contributed by atoms with E-state index in [2.05, 4.69) is 27.7 Å². The molecular formula is C14H29. The van der Waals surface area contributed by atoms with Crippen LogP contribution in [0.1, 0.15) is 72.1 Å². The first kappa shape index (κ1) is 14.0. The van der Waals surface area contributed by atoms with Gasteiger partial charge in [-0.3, -0.25) is 0 Å². The summed E-state index contributed by atoms with van der Waals surface area (Å²) in [5, 5.41) is 0. The zero-order valence-corrected chi connectivity index (χ0v) is 10.5. The van der Waals surface area contributed by atoms with Crippen LogP contribution in [-0.4, -0.2) is 0 Å². The van der Waals surface area contributed by atoms with Crippen LogP contribution in [0.5, 0.6) is 0 Å². The van der Waals surface area contributed by atoms with E-state index in [1.54, 1.807) is 0 Å². The second kappa shape index (κ2) is 9.55. The Morgan fingerprint density at radius 3 is 2.07 bits per heavy atom. The van der Waals surface area contributed by atoms with Crippen molar-refractivity contribution in [3.63, 3.8) is 0 Å². The first-order valence-electron chi connectivity index (χ1n) is 6.49. The van der Waals surface area contributed by atoms with Gasteiger partial charge in [0, 0.05) is 0 Å². The highest BCUT2D eigenvalue weighted by atomic mass is 14.1. The molecule has 0 amide bonds. The topological polar surface area (TPSA) is 0 Å². The standard InChI is InChI=1S/C14H29/c1-5-7-8-9-10-14(4)12-11-13(3)6-2/h13-14H,2,5-12H2,1,3-4H3. The molecular weight excluding hydrogens is 168 g/mol. The lowest BCUT2D eigenvalue weighted by atomic mass is 9.93. The highest BCUT2D eigenvalue weighted by molar-refractivity contribution is 4.59. The lowest BCUT2D eigenvalue weighted by molar-refractivity contribution is 0.400. The molecule has 0 aliphatic rings. The number of rotatable bonds is 9. The van der Waals surface area contributed by atoms with Crippen LogP contribution in [0.15, 0.2) is 0 Å². The van der Waals surface area contributed by atoms with E-state index in [1.807, 2.05) is 0 Å². The molecule has 0 N–H and O–H groups in total. The van der Waals surface area contributed by atoms with Gasteiger partial charge in [-0.25, -0.2) is 0 Å². The normalized spacial score (nSPS) is 15.4. The maximum atomic E-state index is 3.95. The number of hydrogen-bond acceptors (Lipinski definition) is 0. The van der Waals surface area contributed by atoms with E-state index in [9.17, 15) is 0 Å². The zero-order chi connectivity index (χ0) is 10.8. The molecule has 0 saturated carbocycles. The van der Waals surface area contributed by atoms with Crippen LogP contribution in [-0.2, 0) is 0 Å². The fourth-order valence-corrected chi connectivity index (χ4v) is 1.78. The van der Waals surface area contributed by atoms with Crippen LogP contribution in [0.25, 0.3) is 0 Å². The van der Waals surface area contributed by atoms with Crippen LogP contribution in [0, 0.1) is 18.8 Å². The molecule has 0 spiro atoms. The van der Waals surface area contributed by atoms with Crippen molar-refractivity contribution in [1.82, 2.24) is 0 Å². The molecule has 0 aromatic rings. The molecule has 0 aliphatic heterocycles. The van der Waals surface area contributed by atoms with E-state index in [0.29, 0.717) is 0 Å². The van der Waals surface area contributed by atoms with Gasteiger partial charge in [0.25, 0.3) is 0 Å². The Hall–Kier alpha value is 0. The molecule has 0 aromatic carbocycles. The quantitative estimate of drug-likeness (QED) is 0.444. The maximum absolute atomic E-state index is 3.95. The molecule has 0 nitrogen and oxygen atoms in total. The highest BCUT2D eigenvalue weighted by Gasteiger charge is 2.04. The van der Waals surface area contributed by atoms with E-state index < -0.39 is 0 Å². The Balaban J connectivity index is 3.23. The third-order valence-electron chi connectivity index (χ3n) is 3.20. The van der Waals surface area contributed by atoms with Crippen molar-refractivity contribution in [2.75, 3.05) is 0 Å². The predicted molar refractivity (Wildman–Crippen MR) is 66.3 cm³/mol. The van der Waals surface area contributed by atoms with Crippen molar-refractivity contribution in [2.24, 2.45) is 11.8 Å². The SMILES string of the molecule is [CH2]CC(C)CCC(C)CCCCCC. The van der Waals surface area contributed by atoms with Crippen molar-refractivity contribution in [3.8, 4) is 0 Å². The molecule has 0 fully saturated rings. The van der Waals surface area contributed by atoms with Crippen LogP contribution in [0.3, 0.4) is 0 Å². The molecule has 0 aromatic heterocycles. The van der Waals surface area contributed by atoms with E-state index in [4.69, 9.17) is 0 Å². The van der Waals surface area contributed by atoms with Crippen LogP contribution in [0.2, 0.25) is 0 Å². The van der Waals surface area contributed by atoms with Gasteiger partial charge < -0.3 is 0 Å². The van der Waals surface area contributed by atoms with Crippen molar-refractivity contribution in [1.29, 1.82) is 0 Å². The molecule has 0 bridgehead atoms. The summed E-state index contributed by atoms with van der Waals surface area (Å²) in [4.78, 5) is 0. The lowest BCUT2D eigenvalue weighted by Gasteiger charge is -2.13. The molecule has 85 valence electrons. The average molecular weight is 197 g/mol. The summed E-state index contributed by atoms with van der Waals surface area (Å²) >= 11 is 0. The monoisotopic (exact) mass is 197 g/mol. The van der Waals surface area contributed by atoms with Crippen molar-refractivity contribution in [3.05, 3.63) is 6.92 Å². The molecule has 0 heteroatoms. The third kappa shape index (κ3) is 8.59. The Morgan fingerprint density at radius 2 is 1.50 bits per heavy atom. The van der Waals surface area contributed by atoms with Crippen molar-refractivity contribution in [2.45, 2.75) is 72.1 Å². The second-order valence-electron chi connectivity index (χ2n) is 4.93. The summed E-state index contributed by atoms with van der Waals surface area (Å²) in [6.07, 6.45) is 11.0. The third-order valence-corrected chi connectivity index (χ3v) is 3.20. The summed E-state index contributed by atoms with van der Waals surface area (Å²) in [7, 11) is 0. The van der Waals surface area contributed by atoms with Crippen LogP contribution >= 0.6 is 0 Å². The van der Waals surface area contributed by atoms with Crippen molar-refractivity contribution >= 4 is 0 Å². The molecule has 0 aliphatic carbocycles. The van der Waals surface area contributed by atoms with Gasteiger partial charge in [-0.15, -0.1) is 0 Å². The summed E-state index contributed by atoms with van der Waals surface area (Å²) in [5.41, 5.74) is 0. The molecule has 2 atom stereocenters. The van der Waals surface area contributed by atoms with E-state index in [-0.39, 0.29) is 0 Å². The Labute approximate surface area is 91.5 Å². The molecule has 0 heterocycles. The molecule has 0 rings (SSSR count). The number of hydrogen-bond donors (Lipinski definition) is 0. The van der Waals surface area contributed by atoms with E-state index in [1.165, 1.54) is 44.9 Å². The summed E-state index contributed by atoms with van der Waals surface area (Å²) in [6, 6.07) is 0. The fourth-order valence-electron chi connectivity index (χ4n) is 1.78. The molecule has 2 unspecified atom stereocenters. The van der Waals surface area contributed by atoms with Gasteiger partial charge in [0.05, 0.1) is 0 Å². The van der Waals surface area contributed by atoms with Gasteiger partial charge in [0.2, 0.25) is 0 Å². The molecule has 1 radical (unpaired) electrons. The van der Waals surface area contributed by atoms with Gasteiger partial charge in [-0.1, -0.05) is 79.1 Å². The minimum atomic E-state index is 0.827. The maximum Gasteiger partial charge on any atom is -0.0443 e. The van der Waals surface area contributed by atoms with Gasteiger partial charge in [0.15, 0.2) is 0 Å². The Kier molecular flexibility index (Phi) is 9.55. The van der Waals surface area contributed by atoms with Crippen LogP contribution < -0.4 is 0 Å². The van der Waals surface area contributed by atoms with Crippen molar-refractivity contribution < 1.29 is 0 Å². The van der Waals surface area contributed by atoms with Gasteiger partial charge in [-0.2, -0.15) is 0 Å². The first-order valence-corrected chi connectivity index (χ1v) is 6.49. The minimum Gasteiger partial charge on any atom is -0.0654 e. The second-order valence-corrected chi connectivity index (χ2v) is 4.93. The van der Waals surface area contributed by atoms with Crippen LogP contribution in [0.4, 0.5) is 0 Å². The smallest absolute Gasteiger partial charge is 0.0443 e.